The number of rotatable bonds is 0. The van der Waals surface area contributed by atoms with Crippen molar-refractivity contribution < 1.29 is 9.53 Å². The molecule has 13 heavy (non-hydrogen) atoms. The Morgan fingerprint density at radius 3 is 2.77 bits per heavy atom. The van der Waals surface area contributed by atoms with Crippen molar-refractivity contribution in [3.05, 3.63) is 0 Å². The predicted octanol–water partition coefficient (Wildman–Crippen LogP) is -0.00890. The van der Waals surface area contributed by atoms with Crippen LogP contribution in [0.4, 0.5) is 0 Å². The first-order valence-electron chi connectivity index (χ1n) is 4.71. The molecule has 2 saturated heterocycles. The van der Waals surface area contributed by atoms with Gasteiger partial charge >= 0.3 is 0 Å². The molecule has 4 nitrogen and oxygen atoms in total. The van der Waals surface area contributed by atoms with Gasteiger partial charge in [-0.05, 0) is 26.8 Å². The number of carbonyl (C=O) groups is 1. The standard InChI is InChI=1S/C9H16N2O2/c1-8(2)5-9(3-4-11-8)7(12)10-6-13-9/h11H,3-6H2,1-2H3,(H,10,12). The van der Waals surface area contributed by atoms with Gasteiger partial charge in [-0.2, -0.15) is 0 Å². The van der Waals surface area contributed by atoms with Crippen molar-refractivity contribution in [2.75, 3.05) is 13.3 Å². The van der Waals surface area contributed by atoms with Gasteiger partial charge in [0.1, 0.15) is 6.73 Å². The first-order valence-corrected chi connectivity index (χ1v) is 4.71. The van der Waals surface area contributed by atoms with E-state index in [0.29, 0.717) is 6.73 Å². The van der Waals surface area contributed by atoms with Gasteiger partial charge in [0.05, 0.1) is 0 Å². The fraction of sp³-hybridized carbons (Fsp3) is 0.889. The quantitative estimate of drug-likeness (QED) is 0.557. The lowest BCUT2D eigenvalue weighted by Crippen LogP contribution is -2.57. The summed E-state index contributed by atoms with van der Waals surface area (Å²) in [5.74, 6) is 0.0575. The van der Waals surface area contributed by atoms with Gasteiger partial charge in [-0.25, -0.2) is 0 Å². The maximum atomic E-state index is 11.6. The molecule has 2 N–H and O–H groups in total. The maximum Gasteiger partial charge on any atom is 0.254 e. The molecule has 2 aliphatic rings. The number of hydrogen-bond acceptors (Lipinski definition) is 3. The summed E-state index contributed by atoms with van der Waals surface area (Å²) >= 11 is 0. The van der Waals surface area contributed by atoms with E-state index in [1.165, 1.54) is 0 Å². The summed E-state index contributed by atoms with van der Waals surface area (Å²) in [6.07, 6.45) is 1.54. The molecule has 2 rings (SSSR count). The predicted molar refractivity (Wildman–Crippen MR) is 48.1 cm³/mol. The summed E-state index contributed by atoms with van der Waals surface area (Å²) in [5.41, 5.74) is -0.547. The van der Waals surface area contributed by atoms with Crippen LogP contribution in [0.1, 0.15) is 26.7 Å². The summed E-state index contributed by atoms with van der Waals surface area (Å²) in [6, 6.07) is 0. The molecule has 2 aliphatic heterocycles. The molecule has 74 valence electrons. The van der Waals surface area contributed by atoms with Gasteiger partial charge in [-0.3, -0.25) is 4.79 Å². The number of piperidine rings is 1. The Bertz CT molecular complexity index is 240. The highest BCUT2D eigenvalue weighted by Crippen LogP contribution is 2.33. The minimum Gasteiger partial charge on any atom is -0.345 e. The second-order valence-electron chi connectivity index (χ2n) is 4.53. The number of ether oxygens (including phenoxy) is 1. The second kappa shape index (κ2) is 2.69. The third kappa shape index (κ3) is 1.44. The maximum absolute atomic E-state index is 11.6. The Hall–Kier alpha value is -0.610. The Labute approximate surface area is 78.0 Å². The first-order chi connectivity index (χ1) is 6.04. The van der Waals surface area contributed by atoms with Crippen LogP contribution in [0, 0.1) is 0 Å². The summed E-state index contributed by atoms with van der Waals surface area (Å²) in [7, 11) is 0. The van der Waals surface area contributed by atoms with Crippen LogP contribution in [0.25, 0.3) is 0 Å². The van der Waals surface area contributed by atoms with Crippen molar-refractivity contribution in [2.45, 2.75) is 37.8 Å². The molecular weight excluding hydrogens is 168 g/mol. The fourth-order valence-corrected chi connectivity index (χ4v) is 2.25. The highest BCUT2D eigenvalue weighted by Gasteiger charge is 2.49. The van der Waals surface area contributed by atoms with Crippen molar-refractivity contribution in [3.8, 4) is 0 Å². The molecular formula is C9H16N2O2. The van der Waals surface area contributed by atoms with Gasteiger partial charge in [-0.1, -0.05) is 0 Å². The molecule has 0 aromatic carbocycles. The van der Waals surface area contributed by atoms with Gasteiger partial charge in [0.15, 0.2) is 5.60 Å². The summed E-state index contributed by atoms with van der Waals surface area (Å²) < 4.78 is 5.53. The van der Waals surface area contributed by atoms with Crippen molar-refractivity contribution in [3.63, 3.8) is 0 Å². The van der Waals surface area contributed by atoms with Gasteiger partial charge in [0.25, 0.3) is 5.91 Å². The molecule has 0 radical (unpaired) electrons. The summed E-state index contributed by atoms with van der Waals surface area (Å²) in [6.45, 7) is 5.42. The van der Waals surface area contributed by atoms with E-state index < -0.39 is 5.60 Å². The lowest BCUT2D eigenvalue weighted by atomic mass is 9.80. The third-order valence-corrected chi connectivity index (χ3v) is 2.85. The SMILES string of the molecule is CC1(C)CC2(CCN1)OCNC2=O. The van der Waals surface area contributed by atoms with Gasteiger partial charge < -0.3 is 15.4 Å². The van der Waals surface area contributed by atoms with Crippen LogP contribution >= 0.6 is 0 Å². The Balaban J connectivity index is 2.18. The number of amides is 1. The highest BCUT2D eigenvalue weighted by molar-refractivity contribution is 5.86. The largest absolute Gasteiger partial charge is 0.345 e. The summed E-state index contributed by atoms with van der Waals surface area (Å²) in [5, 5.41) is 6.10. The topological polar surface area (TPSA) is 50.4 Å². The monoisotopic (exact) mass is 184 g/mol. The van der Waals surface area contributed by atoms with Crippen LogP contribution < -0.4 is 10.6 Å². The molecule has 1 amide bonds. The van der Waals surface area contributed by atoms with E-state index in [4.69, 9.17) is 4.74 Å². The van der Waals surface area contributed by atoms with E-state index in [2.05, 4.69) is 24.5 Å². The highest BCUT2D eigenvalue weighted by atomic mass is 16.5. The van der Waals surface area contributed by atoms with Crippen molar-refractivity contribution in [2.24, 2.45) is 0 Å². The molecule has 0 aliphatic carbocycles. The Morgan fingerprint density at radius 1 is 1.46 bits per heavy atom. The fourth-order valence-electron chi connectivity index (χ4n) is 2.25. The smallest absolute Gasteiger partial charge is 0.254 e. The van der Waals surface area contributed by atoms with Crippen molar-refractivity contribution in [1.82, 2.24) is 10.6 Å². The molecule has 0 bridgehead atoms. The molecule has 2 heterocycles. The average Bonchev–Trinajstić information content (AvgIpc) is 2.31. The van der Waals surface area contributed by atoms with Crippen LogP contribution in [-0.2, 0) is 9.53 Å². The van der Waals surface area contributed by atoms with Crippen molar-refractivity contribution in [1.29, 1.82) is 0 Å². The third-order valence-electron chi connectivity index (χ3n) is 2.85. The zero-order valence-electron chi connectivity index (χ0n) is 8.14. The molecule has 0 aromatic rings. The first kappa shape index (κ1) is 8.97. The lowest BCUT2D eigenvalue weighted by molar-refractivity contribution is -0.137. The zero-order valence-corrected chi connectivity index (χ0v) is 8.14. The van der Waals surface area contributed by atoms with Gasteiger partial charge in [0, 0.05) is 12.0 Å². The van der Waals surface area contributed by atoms with Crippen LogP contribution in [0.15, 0.2) is 0 Å². The minimum atomic E-state index is -0.547. The van der Waals surface area contributed by atoms with E-state index >= 15 is 0 Å². The minimum absolute atomic E-state index is 0.0000694. The van der Waals surface area contributed by atoms with Crippen molar-refractivity contribution >= 4 is 5.91 Å². The normalized spacial score (nSPS) is 37.8. The average molecular weight is 184 g/mol. The second-order valence-corrected chi connectivity index (χ2v) is 4.53. The molecule has 1 spiro atoms. The summed E-state index contributed by atoms with van der Waals surface area (Å²) in [4.78, 5) is 11.6. The van der Waals surface area contributed by atoms with E-state index in [9.17, 15) is 4.79 Å². The van der Waals surface area contributed by atoms with E-state index in [1.54, 1.807) is 0 Å². The van der Waals surface area contributed by atoms with Gasteiger partial charge in [0.2, 0.25) is 0 Å². The number of nitrogens with one attached hydrogen (secondary N) is 2. The molecule has 1 atom stereocenters. The molecule has 0 aromatic heterocycles. The molecule has 0 saturated carbocycles. The van der Waals surface area contributed by atoms with Gasteiger partial charge in [-0.15, -0.1) is 0 Å². The number of hydrogen-bond donors (Lipinski definition) is 2. The van der Waals surface area contributed by atoms with Crippen LogP contribution in [0.2, 0.25) is 0 Å². The van der Waals surface area contributed by atoms with E-state index in [0.717, 1.165) is 19.4 Å². The van der Waals surface area contributed by atoms with Crippen LogP contribution in [0.5, 0.6) is 0 Å². The lowest BCUT2D eigenvalue weighted by Gasteiger charge is -2.40. The van der Waals surface area contributed by atoms with E-state index in [1.807, 2.05) is 0 Å². The Kier molecular flexibility index (Phi) is 1.85. The van der Waals surface area contributed by atoms with E-state index in [-0.39, 0.29) is 11.4 Å². The molecule has 2 fully saturated rings. The molecule has 1 unspecified atom stereocenters. The zero-order chi connectivity index (χ0) is 9.53. The van der Waals surface area contributed by atoms with Crippen LogP contribution in [-0.4, -0.2) is 30.3 Å². The van der Waals surface area contributed by atoms with Crippen LogP contribution in [0.3, 0.4) is 0 Å². The Morgan fingerprint density at radius 2 is 2.23 bits per heavy atom. The molecule has 4 heteroatoms. The number of carbonyl (C=O) groups excluding carboxylic acids is 1.